The summed E-state index contributed by atoms with van der Waals surface area (Å²) in [6, 6.07) is 8.46. The van der Waals surface area contributed by atoms with Gasteiger partial charge in [-0.2, -0.15) is 0 Å². The third kappa shape index (κ3) is 1.99. The lowest BCUT2D eigenvalue weighted by molar-refractivity contribution is 0.309. The SMILES string of the molecule is CCn1ccnc1CNC1COc2ccccc21. The van der Waals surface area contributed by atoms with Gasteiger partial charge in [0.05, 0.1) is 12.6 Å². The van der Waals surface area contributed by atoms with Crippen LogP contribution in [0.4, 0.5) is 0 Å². The quantitative estimate of drug-likeness (QED) is 0.894. The fourth-order valence-corrected chi connectivity index (χ4v) is 2.34. The Balaban J connectivity index is 1.69. The molecule has 0 fully saturated rings. The van der Waals surface area contributed by atoms with E-state index in [0.717, 1.165) is 24.7 Å². The molecule has 1 unspecified atom stereocenters. The normalized spacial score (nSPS) is 17.5. The molecule has 1 atom stereocenters. The smallest absolute Gasteiger partial charge is 0.124 e. The van der Waals surface area contributed by atoms with Gasteiger partial charge in [0.25, 0.3) is 0 Å². The molecule has 94 valence electrons. The number of para-hydroxylation sites is 1. The van der Waals surface area contributed by atoms with Gasteiger partial charge in [0.2, 0.25) is 0 Å². The van der Waals surface area contributed by atoms with E-state index in [2.05, 4.69) is 33.9 Å². The van der Waals surface area contributed by atoms with Gasteiger partial charge in [-0.05, 0) is 13.0 Å². The molecule has 1 aromatic carbocycles. The van der Waals surface area contributed by atoms with Gasteiger partial charge >= 0.3 is 0 Å². The highest BCUT2D eigenvalue weighted by Gasteiger charge is 2.23. The molecule has 1 aromatic heterocycles. The third-order valence-corrected chi connectivity index (χ3v) is 3.35. The number of aromatic nitrogens is 2. The minimum Gasteiger partial charge on any atom is -0.491 e. The van der Waals surface area contributed by atoms with Gasteiger partial charge in [-0.1, -0.05) is 18.2 Å². The van der Waals surface area contributed by atoms with Crippen LogP contribution < -0.4 is 10.1 Å². The van der Waals surface area contributed by atoms with Crippen LogP contribution in [0.1, 0.15) is 24.4 Å². The number of hydrogen-bond donors (Lipinski definition) is 1. The van der Waals surface area contributed by atoms with Gasteiger partial charge in [0.15, 0.2) is 0 Å². The van der Waals surface area contributed by atoms with E-state index in [9.17, 15) is 0 Å². The fourth-order valence-electron chi connectivity index (χ4n) is 2.34. The number of imidazole rings is 1. The van der Waals surface area contributed by atoms with Crippen molar-refractivity contribution in [2.24, 2.45) is 0 Å². The molecule has 0 bridgehead atoms. The predicted molar refractivity (Wildman–Crippen MR) is 69.4 cm³/mol. The van der Waals surface area contributed by atoms with Crippen molar-refractivity contribution < 1.29 is 4.74 Å². The van der Waals surface area contributed by atoms with Gasteiger partial charge in [-0.3, -0.25) is 5.32 Å². The van der Waals surface area contributed by atoms with Crippen LogP contribution in [0.25, 0.3) is 0 Å². The largest absolute Gasteiger partial charge is 0.491 e. The lowest BCUT2D eigenvalue weighted by Crippen LogP contribution is -2.23. The first-order valence-electron chi connectivity index (χ1n) is 6.33. The molecule has 1 aliphatic heterocycles. The van der Waals surface area contributed by atoms with Gasteiger partial charge < -0.3 is 9.30 Å². The summed E-state index contributed by atoms with van der Waals surface area (Å²) in [5.41, 5.74) is 1.24. The lowest BCUT2D eigenvalue weighted by atomic mass is 10.1. The molecule has 1 N–H and O–H groups in total. The van der Waals surface area contributed by atoms with Crippen LogP contribution in [0.5, 0.6) is 5.75 Å². The molecule has 0 spiro atoms. The van der Waals surface area contributed by atoms with Crippen molar-refractivity contribution in [1.29, 1.82) is 0 Å². The van der Waals surface area contributed by atoms with Crippen LogP contribution in [-0.2, 0) is 13.1 Å². The summed E-state index contributed by atoms with van der Waals surface area (Å²) < 4.78 is 7.80. The van der Waals surface area contributed by atoms with E-state index in [1.165, 1.54) is 5.56 Å². The number of fused-ring (bicyclic) bond motifs is 1. The standard InChI is InChI=1S/C14H17N3O/c1-2-17-8-7-15-14(17)9-16-12-10-18-13-6-4-3-5-11(12)13/h3-8,12,16H,2,9-10H2,1H3. The molecule has 0 saturated carbocycles. The number of aryl methyl sites for hydroxylation is 1. The highest BCUT2D eigenvalue weighted by Crippen LogP contribution is 2.31. The predicted octanol–water partition coefficient (Wildman–Crippen LogP) is 2.13. The summed E-state index contributed by atoms with van der Waals surface area (Å²) in [5, 5.41) is 3.51. The first kappa shape index (κ1) is 11.3. The maximum absolute atomic E-state index is 5.65. The summed E-state index contributed by atoms with van der Waals surface area (Å²) >= 11 is 0. The monoisotopic (exact) mass is 243 g/mol. The summed E-state index contributed by atoms with van der Waals surface area (Å²) in [7, 11) is 0. The third-order valence-electron chi connectivity index (χ3n) is 3.35. The number of benzene rings is 1. The average molecular weight is 243 g/mol. The maximum atomic E-state index is 5.65. The van der Waals surface area contributed by atoms with Crippen LogP contribution in [0.3, 0.4) is 0 Å². The number of hydrogen-bond acceptors (Lipinski definition) is 3. The van der Waals surface area contributed by atoms with Crippen LogP contribution >= 0.6 is 0 Å². The van der Waals surface area contributed by atoms with Gasteiger partial charge in [0.1, 0.15) is 18.2 Å². The molecule has 1 aliphatic rings. The molecule has 0 saturated heterocycles. The zero-order chi connectivity index (χ0) is 12.4. The summed E-state index contributed by atoms with van der Waals surface area (Å²) in [4.78, 5) is 4.36. The second kappa shape index (κ2) is 4.82. The minimum absolute atomic E-state index is 0.267. The van der Waals surface area contributed by atoms with Crippen molar-refractivity contribution in [2.75, 3.05) is 6.61 Å². The number of nitrogens with one attached hydrogen (secondary N) is 1. The molecule has 4 nitrogen and oxygen atoms in total. The Morgan fingerprint density at radius 2 is 2.33 bits per heavy atom. The van der Waals surface area contributed by atoms with Crippen molar-refractivity contribution in [3.63, 3.8) is 0 Å². The van der Waals surface area contributed by atoms with E-state index >= 15 is 0 Å². The molecular formula is C14H17N3O. The van der Waals surface area contributed by atoms with Crippen LogP contribution in [0.15, 0.2) is 36.7 Å². The van der Waals surface area contributed by atoms with E-state index in [1.54, 1.807) is 0 Å². The topological polar surface area (TPSA) is 39.1 Å². The summed E-state index contributed by atoms with van der Waals surface area (Å²) in [5.74, 6) is 2.07. The van der Waals surface area contributed by atoms with Crippen molar-refractivity contribution in [1.82, 2.24) is 14.9 Å². The van der Waals surface area contributed by atoms with Crippen LogP contribution in [0.2, 0.25) is 0 Å². The van der Waals surface area contributed by atoms with Gasteiger partial charge in [-0.15, -0.1) is 0 Å². The van der Waals surface area contributed by atoms with Crippen molar-refractivity contribution in [3.8, 4) is 5.75 Å². The Labute approximate surface area is 107 Å². The summed E-state index contributed by atoms with van der Waals surface area (Å²) in [6.45, 7) is 4.54. The Bertz CT molecular complexity index is 535. The van der Waals surface area contributed by atoms with E-state index in [4.69, 9.17) is 4.74 Å². The molecule has 0 radical (unpaired) electrons. The van der Waals surface area contributed by atoms with Crippen molar-refractivity contribution in [2.45, 2.75) is 26.1 Å². The number of ether oxygens (including phenoxy) is 1. The molecule has 3 rings (SSSR count). The van der Waals surface area contributed by atoms with Crippen LogP contribution in [0, 0.1) is 0 Å². The van der Waals surface area contributed by atoms with E-state index < -0.39 is 0 Å². The highest BCUT2D eigenvalue weighted by molar-refractivity contribution is 5.39. The van der Waals surface area contributed by atoms with E-state index in [-0.39, 0.29) is 6.04 Å². The Morgan fingerprint density at radius 1 is 1.44 bits per heavy atom. The zero-order valence-electron chi connectivity index (χ0n) is 10.5. The Hall–Kier alpha value is -1.81. The Kier molecular flexibility index (Phi) is 3.02. The highest BCUT2D eigenvalue weighted by atomic mass is 16.5. The van der Waals surface area contributed by atoms with Gasteiger partial charge in [0, 0.05) is 24.5 Å². The number of rotatable bonds is 4. The Morgan fingerprint density at radius 3 is 3.22 bits per heavy atom. The maximum Gasteiger partial charge on any atom is 0.124 e. The molecule has 2 aromatic rings. The molecule has 2 heterocycles. The average Bonchev–Trinajstić information content (AvgIpc) is 3.02. The minimum atomic E-state index is 0.267. The molecule has 0 amide bonds. The lowest BCUT2D eigenvalue weighted by Gasteiger charge is -2.12. The zero-order valence-corrected chi connectivity index (χ0v) is 10.5. The molecule has 4 heteroatoms. The number of nitrogens with zero attached hydrogens (tertiary/aromatic N) is 2. The summed E-state index contributed by atoms with van der Waals surface area (Å²) in [6.07, 6.45) is 3.86. The van der Waals surface area contributed by atoms with E-state index in [0.29, 0.717) is 6.61 Å². The second-order valence-electron chi connectivity index (χ2n) is 4.41. The van der Waals surface area contributed by atoms with Crippen molar-refractivity contribution >= 4 is 0 Å². The second-order valence-corrected chi connectivity index (χ2v) is 4.41. The fraction of sp³-hybridized carbons (Fsp3) is 0.357. The van der Waals surface area contributed by atoms with Crippen molar-refractivity contribution in [3.05, 3.63) is 48.0 Å². The molecule has 0 aliphatic carbocycles. The molecular weight excluding hydrogens is 226 g/mol. The first-order chi connectivity index (χ1) is 8.88. The first-order valence-corrected chi connectivity index (χ1v) is 6.33. The van der Waals surface area contributed by atoms with Crippen LogP contribution in [-0.4, -0.2) is 16.2 Å². The molecule has 18 heavy (non-hydrogen) atoms. The van der Waals surface area contributed by atoms with Gasteiger partial charge in [-0.25, -0.2) is 4.98 Å². The van der Waals surface area contributed by atoms with E-state index in [1.807, 2.05) is 24.5 Å².